The largest absolute Gasteiger partial charge is 0.472 e. The van der Waals surface area contributed by atoms with E-state index in [1.807, 2.05) is 6.08 Å². The van der Waals surface area contributed by atoms with Gasteiger partial charge in [0, 0.05) is 6.54 Å². The number of unbranched alkanes of at least 4 members (excludes halogenated alkanes) is 23. The van der Waals surface area contributed by atoms with Crippen LogP contribution in [0.1, 0.15) is 194 Å². The number of phosphoric ester groups is 1. The zero-order valence-electron chi connectivity index (χ0n) is 33.0. The molecule has 6 N–H and O–H groups in total. The lowest BCUT2D eigenvalue weighted by Gasteiger charge is -2.24. The number of aliphatic hydroxyl groups excluding tert-OH is 2. The van der Waals surface area contributed by atoms with Crippen LogP contribution in [0.4, 0.5) is 0 Å². The van der Waals surface area contributed by atoms with Crippen LogP contribution in [0.3, 0.4) is 0 Å². The number of hydrogen-bond acceptors (Lipinski definition) is 7. The second-order valence-corrected chi connectivity index (χ2v) is 15.8. The molecule has 0 aliphatic carbocycles. The number of amides is 1. The zero-order chi connectivity index (χ0) is 37.7. The van der Waals surface area contributed by atoms with Gasteiger partial charge in [0.2, 0.25) is 5.91 Å². The average Bonchev–Trinajstić information content (AvgIpc) is 3.10. The van der Waals surface area contributed by atoms with Gasteiger partial charge in [-0.05, 0) is 32.1 Å². The third kappa shape index (κ3) is 35.7. The summed E-state index contributed by atoms with van der Waals surface area (Å²) in [6.45, 7) is 3.94. The summed E-state index contributed by atoms with van der Waals surface area (Å²) in [4.78, 5) is 22.7. The molecule has 302 valence electrons. The topological polar surface area (TPSA) is 151 Å². The third-order valence-electron chi connectivity index (χ3n) is 9.33. The summed E-state index contributed by atoms with van der Waals surface area (Å²) in [6.07, 6.45) is 38.4. The summed E-state index contributed by atoms with van der Waals surface area (Å²) in [6, 6.07) is -0.994. The highest BCUT2D eigenvalue weighted by atomic mass is 31.2. The van der Waals surface area contributed by atoms with Gasteiger partial charge in [-0.3, -0.25) is 13.8 Å². The molecule has 0 bridgehead atoms. The van der Waals surface area contributed by atoms with Crippen molar-refractivity contribution in [1.82, 2.24) is 5.32 Å². The standard InChI is InChI=1S/C41H81N2O7P/c1-3-5-7-9-11-13-15-16-17-18-19-20-21-23-25-27-29-31-33-40(45)39(37-50-51(47,48)49-35-34-42)43-41(46)36-38(44)32-30-28-26-24-22-14-12-10-8-6-4-2/h23,25,31,33,38-40,44-45H,3-22,24,26-30,32,34-37,42H2,1-2H3,(H,43,46)(H,47,48)/b25-23+,33-31+. The second kappa shape index (κ2) is 37.3. The molecule has 9 nitrogen and oxygen atoms in total. The Balaban J connectivity index is 4.40. The minimum Gasteiger partial charge on any atom is -0.393 e. The van der Waals surface area contributed by atoms with Gasteiger partial charge in [-0.1, -0.05) is 179 Å². The lowest BCUT2D eigenvalue weighted by Crippen LogP contribution is -2.46. The summed E-state index contributed by atoms with van der Waals surface area (Å²) < 4.78 is 22.0. The number of carbonyl (C=O) groups excluding carboxylic acids is 1. The Bertz CT molecular complexity index is 873. The van der Waals surface area contributed by atoms with E-state index >= 15 is 0 Å². The molecule has 4 unspecified atom stereocenters. The van der Waals surface area contributed by atoms with Gasteiger partial charge in [0.25, 0.3) is 0 Å². The molecule has 0 spiro atoms. The van der Waals surface area contributed by atoms with E-state index in [0.29, 0.717) is 12.8 Å². The van der Waals surface area contributed by atoms with E-state index in [1.165, 1.54) is 128 Å². The molecule has 1 amide bonds. The molecule has 0 radical (unpaired) electrons. The van der Waals surface area contributed by atoms with E-state index in [-0.39, 0.29) is 19.6 Å². The summed E-state index contributed by atoms with van der Waals surface area (Å²) in [7, 11) is -4.40. The number of allylic oxidation sites excluding steroid dienone is 3. The Morgan fingerprint density at radius 1 is 0.667 bits per heavy atom. The SMILES string of the molecule is CCCCCCCCCCCCCC/C=C/CC/C=C/C(O)C(COP(=O)(O)OCCN)NC(=O)CC(O)CCCCCCCCCCCCC. The van der Waals surface area contributed by atoms with Crippen molar-refractivity contribution in [3.8, 4) is 0 Å². The van der Waals surface area contributed by atoms with Crippen molar-refractivity contribution in [1.29, 1.82) is 0 Å². The van der Waals surface area contributed by atoms with E-state index in [4.69, 9.17) is 14.8 Å². The van der Waals surface area contributed by atoms with Gasteiger partial charge in [0.15, 0.2) is 0 Å². The van der Waals surface area contributed by atoms with E-state index < -0.39 is 38.6 Å². The van der Waals surface area contributed by atoms with E-state index in [2.05, 4.69) is 31.3 Å². The van der Waals surface area contributed by atoms with Crippen LogP contribution in [0.25, 0.3) is 0 Å². The number of rotatable bonds is 39. The second-order valence-electron chi connectivity index (χ2n) is 14.4. The highest BCUT2D eigenvalue weighted by molar-refractivity contribution is 7.47. The first kappa shape index (κ1) is 49.9. The molecule has 10 heteroatoms. The summed E-state index contributed by atoms with van der Waals surface area (Å²) in [5.41, 5.74) is 5.35. The number of carbonyl (C=O) groups is 1. The van der Waals surface area contributed by atoms with Gasteiger partial charge in [-0.25, -0.2) is 4.57 Å². The molecular weight excluding hydrogens is 663 g/mol. The Morgan fingerprint density at radius 3 is 1.63 bits per heavy atom. The lowest BCUT2D eigenvalue weighted by molar-refractivity contribution is -0.124. The molecule has 0 heterocycles. The maximum absolute atomic E-state index is 12.8. The van der Waals surface area contributed by atoms with Crippen LogP contribution in [-0.2, 0) is 18.4 Å². The molecule has 0 aromatic carbocycles. The van der Waals surface area contributed by atoms with Gasteiger partial charge < -0.3 is 26.2 Å². The number of hydrogen-bond donors (Lipinski definition) is 5. The van der Waals surface area contributed by atoms with Crippen LogP contribution < -0.4 is 11.1 Å². The van der Waals surface area contributed by atoms with E-state index in [0.717, 1.165) is 32.1 Å². The fourth-order valence-electron chi connectivity index (χ4n) is 6.13. The number of phosphoric acid groups is 1. The zero-order valence-corrected chi connectivity index (χ0v) is 33.9. The number of nitrogens with one attached hydrogen (secondary N) is 1. The predicted molar refractivity (Wildman–Crippen MR) is 214 cm³/mol. The highest BCUT2D eigenvalue weighted by Crippen LogP contribution is 2.43. The van der Waals surface area contributed by atoms with Crippen molar-refractivity contribution in [3.05, 3.63) is 24.3 Å². The first-order valence-electron chi connectivity index (χ1n) is 21.0. The molecule has 0 fully saturated rings. The molecule has 0 aliphatic heterocycles. The van der Waals surface area contributed by atoms with Crippen LogP contribution in [0.2, 0.25) is 0 Å². The van der Waals surface area contributed by atoms with Crippen LogP contribution >= 0.6 is 7.82 Å². The van der Waals surface area contributed by atoms with E-state index in [9.17, 15) is 24.5 Å². The van der Waals surface area contributed by atoms with Crippen LogP contribution in [-0.4, -0.2) is 59.0 Å². The Labute approximate surface area is 313 Å². The maximum Gasteiger partial charge on any atom is 0.472 e. The first-order chi connectivity index (χ1) is 24.8. The fourth-order valence-corrected chi connectivity index (χ4v) is 6.89. The van der Waals surface area contributed by atoms with Crippen molar-refractivity contribution in [2.45, 2.75) is 212 Å². The summed E-state index contributed by atoms with van der Waals surface area (Å²) >= 11 is 0. The minimum absolute atomic E-state index is 0.0459. The molecule has 0 aliphatic rings. The molecule has 0 saturated heterocycles. The summed E-state index contributed by atoms with van der Waals surface area (Å²) in [5, 5.41) is 23.9. The normalized spacial score (nSPS) is 15.0. The van der Waals surface area contributed by atoms with Crippen molar-refractivity contribution in [3.63, 3.8) is 0 Å². The number of nitrogens with two attached hydrogens (primary N) is 1. The van der Waals surface area contributed by atoms with Gasteiger partial charge >= 0.3 is 7.82 Å². The number of aliphatic hydroxyl groups is 2. The van der Waals surface area contributed by atoms with E-state index in [1.54, 1.807) is 6.08 Å². The summed E-state index contributed by atoms with van der Waals surface area (Å²) in [5.74, 6) is -0.456. The van der Waals surface area contributed by atoms with Gasteiger partial charge in [0.1, 0.15) is 0 Å². The Hall–Kier alpha value is -1.06. The maximum atomic E-state index is 12.8. The Kier molecular flexibility index (Phi) is 36.5. The molecule has 0 saturated carbocycles. The van der Waals surface area contributed by atoms with Crippen LogP contribution in [0.5, 0.6) is 0 Å². The molecule has 0 aromatic heterocycles. The minimum atomic E-state index is -4.40. The molecule has 51 heavy (non-hydrogen) atoms. The van der Waals surface area contributed by atoms with Crippen molar-refractivity contribution < 1.29 is 33.5 Å². The predicted octanol–water partition coefficient (Wildman–Crippen LogP) is 10.4. The van der Waals surface area contributed by atoms with Crippen LogP contribution in [0.15, 0.2) is 24.3 Å². The monoisotopic (exact) mass is 745 g/mol. The lowest BCUT2D eigenvalue weighted by atomic mass is 10.0. The molecular formula is C41H81N2O7P. The molecule has 0 rings (SSSR count). The molecule has 4 atom stereocenters. The highest BCUT2D eigenvalue weighted by Gasteiger charge is 2.27. The van der Waals surface area contributed by atoms with Gasteiger partial charge in [0.05, 0.1) is 37.9 Å². The van der Waals surface area contributed by atoms with Crippen molar-refractivity contribution >= 4 is 13.7 Å². The fraction of sp³-hybridized carbons (Fsp3) is 0.878. The average molecular weight is 745 g/mol. The van der Waals surface area contributed by atoms with Crippen molar-refractivity contribution in [2.75, 3.05) is 19.8 Å². The van der Waals surface area contributed by atoms with Gasteiger partial charge in [-0.2, -0.15) is 0 Å². The Morgan fingerprint density at radius 2 is 1.12 bits per heavy atom. The third-order valence-corrected chi connectivity index (χ3v) is 10.3. The van der Waals surface area contributed by atoms with Gasteiger partial charge in [-0.15, -0.1) is 0 Å². The van der Waals surface area contributed by atoms with Crippen molar-refractivity contribution in [2.24, 2.45) is 5.73 Å². The van der Waals surface area contributed by atoms with Crippen LogP contribution in [0, 0.1) is 0 Å². The molecule has 0 aromatic rings. The quantitative estimate of drug-likeness (QED) is 0.0237. The smallest absolute Gasteiger partial charge is 0.393 e. The first-order valence-corrected chi connectivity index (χ1v) is 22.5.